The maximum absolute atomic E-state index is 14.0. The number of halogens is 5. The molecule has 0 aliphatic heterocycles. The number of aliphatic hydroxyl groups is 1. The van der Waals surface area contributed by atoms with Crippen molar-refractivity contribution < 1.29 is 36.6 Å². The zero-order valence-electron chi connectivity index (χ0n) is 15.9. The first-order valence-corrected chi connectivity index (χ1v) is 8.90. The fourth-order valence-electron chi connectivity index (χ4n) is 2.76. The molecule has 168 valence electrons. The van der Waals surface area contributed by atoms with Crippen molar-refractivity contribution in [2.24, 2.45) is 0 Å². The molecule has 1 unspecified atom stereocenters. The van der Waals surface area contributed by atoms with Gasteiger partial charge >= 0.3 is 6.36 Å². The third-order valence-corrected chi connectivity index (χ3v) is 4.18. The SMILES string of the molecule is O=C(NC(CO)c1ccc(OC(F)(F)F)c(F)c1)c1cc(=O)[nH]c(-c2ccccc2F)n1. The number of carbonyl (C=O) groups excluding carboxylic acids is 1. The third kappa shape index (κ3) is 5.46. The molecule has 3 N–H and O–H groups in total. The summed E-state index contributed by atoms with van der Waals surface area (Å²) in [5.74, 6) is -4.35. The van der Waals surface area contributed by atoms with Gasteiger partial charge in [0.05, 0.1) is 18.2 Å². The Morgan fingerprint density at radius 2 is 1.84 bits per heavy atom. The maximum Gasteiger partial charge on any atom is 0.573 e. The van der Waals surface area contributed by atoms with E-state index >= 15 is 0 Å². The number of benzene rings is 2. The van der Waals surface area contributed by atoms with Crippen molar-refractivity contribution in [3.8, 4) is 17.1 Å². The number of H-pyrrole nitrogens is 1. The predicted molar refractivity (Wildman–Crippen MR) is 101 cm³/mol. The molecule has 0 aliphatic carbocycles. The molecule has 12 heteroatoms. The van der Waals surface area contributed by atoms with E-state index in [1.54, 1.807) is 0 Å². The van der Waals surface area contributed by atoms with Gasteiger partial charge in [0.25, 0.3) is 11.5 Å². The maximum atomic E-state index is 14.0. The van der Waals surface area contributed by atoms with E-state index in [0.29, 0.717) is 12.1 Å². The van der Waals surface area contributed by atoms with Crippen molar-refractivity contribution in [1.29, 1.82) is 0 Å². The minimum atomic E-state index is -5.10. The Kier molecular flexibility index (Phi) is 6.53. The Morgan fingerprint density at radius 1 is 1.12 bits per heavy atom. The molecule has 3 rings (SSSR count). The lowest BCUT2D eigenvalue weighted by Gasteiger charge is -2.18. The molecule has 0 saturated heterocycles. The molecule has 1 aromatic heterocycles. The zero-order valence-corrected chi connectivity index (χ0v) is 15.9. The van der Waals surface area contributed by atoms with Gasteiger partial charge in [-0.3, -0.25) is 9.59 Å². The van der Waals surface area contributed by atoms with Crippen LogP contribution in [0.3, 0.4) is 0 Å². The summed E-state index contributed by atoms with van der Waals surface area (Å²) in [5, 5.41) is 11.8. The summed E-state index contributed by atoms with van der Waals surface area (Å²) >= 11 is 0. The molecule has 7 nitrogen and oxygen atoms in total. The van der Waals surface area contributed by atoms with Gasteiger partial charge in [0.15, 0.2) is 11.6 Å². The molecule has 0 saturated carbocycles. The van der Waals surface area contributed by atoms with Crippen LogP contribution >= 0.6 is 0 Å². The van der Waals surface area contributed by atoms with E-state index < -0.39 is 53.6 Å². The number of nitrogens with zero attached hydrogens (tertiary/aromatic N) is 1. The lowest BCUT2D eigenvalue weighted by atomic mass is 10.1. The van der Waals surface area contributed by atoms with Crippen molar-refractivity contribution in [2.45, 2.75) is 12.4 Å². The van der Waals surface area contributed by atoms with Crippen LogP contribution in [0.4, 0.5) is 22.0 Å². The Labute approximate surface area is 176 Å². The van der Waals surface area contributed by atoms with Crippen LogP contribution < -0.4 is 15.6 Å². The third-order valence-electron chi connectivity index (χ3n) is 4.18. The molecule has 1 atom stereocenters. The molecular weight excluding hydrogens is 441 g/mol. The second kappa shape index (κ2) is 9.14. The van der Waals surface area contributed by atoms with Crippen LogP contribution in [0, 0.1) is 11.6 Å². The standard InChI is InChI=1S/C20H14F5N3O4/c21-12-4-2-1-3-11(12)18-26-14(8-17(30)28-18)19(31)27-15(9-29)10-5-6-16(13(22)7-10)32-20(23,24)25/h1-8,15,29H,9H2,(H,27,31)(H,26,28,30). The second-order valence-electron chi connectivity index (χ2n) is 6.41. The Balaban J connectivity index is 1.85. The summed E-state index contributed by atoms with van der Waals surface area (Å²) in [6, 6.07) is 7.30. The summed E-state index contributed by atoms with van der Waals surface area (Å²) < 4.78 is 68.3. The molecule has 1 amide bonds. The fourth-order valence-corrected chi connectivity index (χ4v) is 2.76. The van der Waals surface area contributed by atoms with Crippen molar-refractivity contribution in [1.82, 2.24) is 15.3 Å². The number of carbonyl (C=O) groups is 1. The molecule has 0 bridgehead atoms. The minimum absolute atomic E-state index is 0.0692. The lowest BCUT2D eigenvalue weighted by molar-refractivity contribution is -0.275. The quantitative estimate of drug-likeness (QED) is 0.496. The molecular formula is C20H14F5N3O4. The van der Waals surface area contributed by atoms with Crippen molar-refractivity contribution in [3.63, 3.8) is 0 Å². The number of amides is 1. The average Bonchev–Trinajstić information content (AvgIpc) is 2.72. The Hall–Kier alpha value is -3.80. The molecule has 32 heavy (non-hydrogen) atoms. The highest BCUT2D eigenvalue weighted by molar-refractivity contribution is 5.92. The lowest BCUT2D eigenvalue weighted by Crippen LogP contribution is -2.32. The number of aromatic amines is 1. The van der Waals surface area contributed by atoms with Gasteiger partial charge in [0.2, 0.25) is 0 Å². The summed E-state index contributed by atoms with van der Waals surface area (Å²) in [6.07, 6.45) is -5.10. The van der Waals surface area contributed by atoms with E-state index in [1.165, 1.54) is 18.2 Å². The Morgan fingerprint density at radius 3 is 2.47 bits per heavy atom. The van der Waals surface area contributed by atoms with E-state index in [-0.39, 0.29) is 17.0 Å². The number of rotatable bonds is 6. The van der Waals surface area contributed by atoms with Crippen LogP contribution in [0.1, 0.15) is 22.1 Å². The van der Waals surface area contributed by atoms with Crippen LogP contribution in [-0.4, -0.2) is 34.0 Å². The van der Waals surface area contributed by atoms with Crippen LogP contribution in [-0.2, 0) is 0 Å². The largest absolute Gasteiger partial charge is 0.573 e. The number of hydrogen-bond donors (Lipinski definition) is 3. The number of nitrogens with one attached hydrogen (secondary N) is 2. The van der Waals surface area contributed by atoms with Crippen LogP contribution in [0.5, 0.6) is 5.75 Å². The van der Waals surface area contributed by atoms with Gasteiger partial charge in [0.1, 0.15) is 17.3 Å². The van der Waals surface area contributed by atoms with Gasteiger partial charge in [-0.05, 0) is 29.8 Å². The molecule has 0 aliphatic rings. The van der Waals surface area contributed by atoms with Crippen molar-refractivity contribution >= 4 is 5.91 Å². The molecule has 3 aromatic rings. The van der Waals surface area contributed by atoms with Gasteiger partial charge in [-0.25, -0.2) is 13.8 Å². The highest BCUT2D eigenvalue weighted by Gasteiger charge is 2.32. The predicted octanol–water partition coefficient (Wildman–Crippen LogP) is 3.08. The van der Waals surface area contributed by atoms with Gasteiger partial charge in [-0.2, -0.15) is 0 Å². The van der Waals surface area contributed by atoms with E-state index in [1.807, 2.05) is 0 Å². The summed E-state index contributed by atoms with van der Waals surface area (Å²) in [7, 11) is 0. The second-order valence-corrected chi connectivity index (χ2v) is 6.41. The summed E-state index contributed by atoms with van der Waals surface area (Å²) in [5.41, 5.74) is -1.33. The minimum Gasteiger partial charge on any atom is -0.403 e. The molecule has 1 heterocycles. The summed E-state index contributed by atoms with van der Waals surface area (Å²) in [4.78, 5) is 30.7. The van der Waals surface area contributed by atoms with E-state index in [2.05, 4.69) is 20.0 Å². The highest BCUT2D eigenvalue weighted by atomic mass is 19.4. The van der Waals surface area contributed by atoms with E-state index in [0.717, 1.165) is 18.2 Å². The van der Waals surface area contributed by atoms with E-state index in [4.69, 9.17) is 0 Å². The monoisotopic (exact) mass is 455 g/mol. The average molecular weight is 455 g/mol. The number of alkyl halides is 3. The van der Waals surface area contributed by atoms with Crippen LogP contribution in [0.25, 0.3) is 11.4 Å². The first-order chi connectivity index (χ1) is 15.1. The van der Waals surface area contributed by atoms with Crippen LogP contribution in [0.2, 0.25) is 0 Å². The van der Waals surface area contributed by atoms with Gasteiger partial charge in [0, 0.05) is 6.07 Å². The Bertz CT molecular complexity index is 1200. The zero-order chi connectivity index (χ0) is 23.5. The first kappa shape index (κ1) is 22.9. The number of ether oxygens (including phenoxy) is 1. The number of hydrogen-bond acceptors (Lipinski definition) is 5. The molecule has 0 spiro atoms. The molecule has 2 aromatic carbocycles. The van der Waals surface area contributed by atoms with Crippen molar-refractivity contribution in [3.05, 3.63) is 81.8 Å². The smallest absolute Gasteiger partial charge is 0.403 e. The van der Waals surface area contributed by atoms with Gasteiger partial charge < -0.3 is 20.1 Å². The number of aliphatic hydroxyl groups excluding tert-OH is 1. The highest BCUT2D eigenvalue weighted by Crippen LogP contribution is 2.28. The van der Waals surface area contributed by atoms with Gasteiger partial charge in [-0.15, -0.1) is 13.2 Å². The van der Waals surface area contributed by atoms with Crippen LogP contribution in [0.15, 0.2) is 53.3 Å². The summed E-state index contributed by atoms with van der Waals surface area (Å²) in [6.45, 7) is -0.756. The van der Waals surface area contributed by atoms with E-state index in [9.17, 15) is 36.6 Å². The fraction of sp³-hybridized carbons (Fsp3) is 0.150. The molecule has 0 fully saturated rings. The number of aromatic nitrogens is 2. The first-order valence-electron chi connectivity index (χ1n) is 8.90. The van der Waals surface area contributed by atoms with Gasteiger partial charge in [-0.1, -0.05) is 18.2 Å². The topological polar surface area (TPSA) is 104 Å². The molecule has 0 radical (unpaired) electrons. The normalized spacial score (nSPS) is 12.3. The van der Waals surface area contributed by atoms with Crippen molar-refractivity contribution in [2.75, 3.05) is 6.61 Å².